The first kappa shape index (κ1) is 13.2. The van der Waals surface area contributed by atoms with Gasteiger partial charge in [0.05, 0.1) is 0 Å². The van der Waals surface area contributed by atoms with E-state index in [2.05, 4.69) is 36.1 Å². The molecular weight excluding hydrogens is 230 g/mol. The normalized spacial score (nSPS) is 29.3. The van der Waals surface area contributed by atoms with Gasteiger partial charge < -0.3 is 4.90 Å². The van der Waals surface area contributed by atoms with Crippen LogP contribution in [0, 0.1) is 6.92 Å². The van der Waals surface area contributed by atoms with E-state index in [-0.39, 0.29) is 0 Å². The number of aryl methyl sites for hydroxylation is 1. The van der Waals surface area contributed by atoms with Crippen LogP contribution in [0.25, 0.3) is 0 Å². The van der Waals surface area contributed by atoms with Crippen LogP contribution in [0.15, 0.2) is 24.3 Å². The van der Waals surface area contributed by atoms with Crippen LogP contribution < -0.4 is 0 Å². The Labute approximate surface area is 118 Å². The number of hydrogen-bond donors (Lipinski definition) is 0. The highest BCUT2D eigenvalue weighted by Gasteiger charge is 2.27. The van der Waals surface area contributed by atoms with Gasteiger partial charge in [-0.2, -0.15) is 0 Å². The Morgan fingerprint density at radius 2 is 1.68 bits per heavy atom. The van der Waals surface area contributed by atoms with E-state index in [1.54, 1.807) is 5.56 Å². The Bertz CT molecular complexity index is 398. The zero-order valence-corrected chi connectivity index (χ0v) is 12.3. The lowest BCUT2D eigenvalue weighted by atomic mass is 9.80. The first-order valence-electron chi connectivity index (χ1n) is 8.13. The molecule has 1 aromatic carbocycles. The van der Waals surface area contributed by atoms with Crippen LogP contribution in [-0.4, -0.2) is 24.0 Å². The Kier molecular flexibility index (Phi) is 4.22. The first-order chi connectivity index (χ1) is 9.33. The zero-order chi connectivity index (χ0) is 13.1. The molecule has 104 valence electrons. The lowest BCUT2D eigenvalue weighted by Crippen LogP contribution is -2.41. The second-order valence-corrected chi connectivity index (χ2v) is 6.52. The van der Waals surface area contributed by atoms with Gasteiger partial charge in [0.2, 0.25) is 0 Å². The van der Waals surface area contributed by atoms with Crippen LogP contribution in [0.5, 0.6) is 0 Å². The van der Waals surface area contributed by atoms with Crippen LogP contribution in [0.4, 0.5) is 0 Å². The summed E-state index contributed by atoms with van der Waals surface area (Å²) in [6, 6.07) is 10.1. The van der Waals surface area contributed by atoms with Crippen molar-refractivity contribution in [2.24, 2.45) is 0 Å². The summed E-state index contributed by atoms with van der Waals surface area (Å²) in [5, 5.41) is 0. The van der Waals surface area contributed by atoms with E-state index in [0.717, 1.165) is 12.0 Å². The van der Waals surface area contributed by atoms with Crippen LogP contribution in [-0.2, 0) is 0 Å². The third-order valence-electron chi connectivity index (χ3n) is 5.12. The molecule has 0 radical (unpaired) electrons. The van der Waals surface area contributed by atoms with E-state index >= 15 is 0 Å². The molecule has 1 saturated carbocycles. The Morgan fingerprint density at radius 1 is 0.947 bits per heavy atom. The molecule has 0 aromatic heterocycles. The topological polar surface area (TPSA) is 3.24 Å². The molecule has 0 N–H and O–H groups in total. The summed E-state index contributed by atoms with van der Waals surface area (Å²) >= 11 is 0. The Hall–Kier alpha value is -0.820. The van der Waals surface area contributed by atoms with Crippen LogP contribution >= 0.6 is 0 Å². The van der Waals surface area contributed by atoms with Crippen molar-refractivity contribution in [2.75, 3.05) is 13.1 Å². The predicted octanol–water partition coefficient (Wildman–Crippen LogP) is 4.51. The lowest BCUT2D eigenvalue weighted by Gasteiger charge is -2.39. The number of piperidine rings is 1. The predicted molar refractivity (Wildman–Crippen MR) is 81.6 cm³/mol. The summed E-state index contributed by atoms with van der Waals surface area (Å²) in [7, 11) is 0. The van der Waals surface area contributed by atoms with E-state index in [1.165, 1.54) is 63.6 Å². The summed E-state index contributed by atoms with van der Waals surface area (Å²) in [6.45, 7) is 4.93. The molecule has 2 fully saturated rings. The van der Waals surface area contributed by atoms with E-state index in [9.17, 15) is 0 Å². The molecule has 1 heterocycles. The summed E-state index contributed by atoms with van der Waals surface area (Å²) in [4.78, 5) is 2.77. The molecule has 0 atom stereocenters. The van der Waals surface area contributed by atoms with Gasteiger partial charge in [0.1, 0.15) is 0 Å². The number of benzene rings is 1. The Morgan fingerprint density at radius 3 is 2.37 bits per heavy atom. The average Bonchev–Trinajstić information content (AvgIpc) is 2.48. The molecule has 1 saturated heterocycles. The highest BCUT2D eigenvalue weighted by molar-refractivity contribution is 5.25. The van der Waals surface area contributed by atoms with Crippen LogP contribution in [0.2, 0.25) is 0 Å². The van der Waals surface area contributed by atoms with Crippen molar-refractivity contribution in [1.29, 1.82) is 0 Å². The van der Waals surface area contributed by atoms with Gasteiger partial charge in [-0.15, -0.1) is 0 Å². The fourth-order valence-corrected chi connectivity index (χ4v) is 3.98. The van der Waals surface area contributed by atoms with E-state index in [1.807, 2.05) is 0 Å². The van der Waals surface area contributed by atoms with Gasteiger partial charge >= 0.3 is 0 Å². The minimum absolute atomic E-state index is 0.820. The SMILES string of the molecule is Cc1cccc(C2CCC(N3CCCCC3)CC2)c1. The summed E-state index contributed by atoms with van der Waals surface area (Å²) in [5.41, 5.74) is 2.99. The third-order valence-corrected chi connectivity index (χ3v) is 5.12. The van der Waals surface area contributed by atoms with Crippen molar-refractivity contribution in [1.82, 2.24) is 4.90 Å². The van der Waals surface area contributed by atoms with Crippen molar-refractivity contribution in [3.63, 3.8) is 0 Å². The molecule has 1 aliphatic carbocycles. The molecule has 0 amide bonds. The van der Waals surface area contributed by atoms with Crippen molar-refractivity contribution >= 4 is 0 Å². The number of nitrogens with zero attached hydrogens (tertiary/aromatic N) is 1. The molecule has 0 unspecified atom stereocenters. The molecule has 1 heteroatoms. The molecule has 2 aliphatic rings. The Balaban J connectivity index is 1.57. The van der Waals surface area contributed by atoms with Crippen molar-refractivity contribution in [3.8, 4) is 0 Å². The number of rotatable bonds is 2. The van der Waals surface area contributed by atoms with Crippen LogP contribution in [0.1, 0.15) is 62.0 Å². The van der Waals surface area contributed by atoms with E-state index in [4.69, 9.17) is 0 Å². The maximum absolute atomic E-state index is 2.77. The minimum Gasteiger partial charge on any atom is -0.300 e. The highest BCUT2D eigenvalue weighted by atomic mass is 15.2. The largest absolute Gasteiger partial charge is 0.300 e. The van der Waals surface area contributed by atoms with Crippen LogP contribution in [0.3, 0.4) is 0 Å². The van der Waals surface area contributed by atoms with E-state index < -0.39 is 0 Å². The quantitative estimate of drug-likeness (QED) is 0.753. The van der Waals surface area contributed by atoms with Gasteiger partial charge in [-0.25, -0.2) is 0 Å². The number of hydrogen-bond acceptors (Lipinski definition) is 1. The molecule has 1 aromatic rings. The van der Waals surface area contributed by atoms with Gasteiger partial charge in [-0.3, -0.25) is 0 Å². The second kappa shape index (κ2) is 6.09. The molecule has 19 heavy (non-hydrogen) atoms. The average molecular weight is 257 g/mol. The van der Waals surface area contributed by atoms with Crippen molar-refractivity contribution in [2.45, 2.75) is 63.8 Å². The second-order valence-electron chi connectivity index (χ2n) is 6.52. The maximum Gasteiger partial charge on any atom is 0.00956 e. The zero-order valence-electron chi connectivity index (χ0n) is 12.3. The lowest BCUT2D eigenvalue weighted by molar-refractivity contribution is 0.125. The number of likely N-dealkylation sites (tertiary alicyclic amines) is 1. The molecule has 1 nitrogen and oxygen atoms in total. The fourth-order valence-electron chi connectivity index (χ4n) is 3.98. The van der Waals surface area contributed by atoms with Gasteiger partial charge in [0.15, 0.2) is 0 Å². The van der Waals surface area contributed by atoms with Crippen molar-refractivity contribution < 1.29 is 0 Å². The van der Waals surface area contributed by atoms with E-state index in [0.29, 0.717) is 0 Å². The van der Waals surface area contributed by atoms with Gasteiger partial charge in [0, 0.05) is 6.04 Å². The van der Waals surface area contributed by atoms with Gasteiger partial charge in [-0.1, -0.05) is 36.2 Å². The molecular formula is C18H27N. The van der Waals surface area contributed by atoms with Crippen molar-refractivity contribution in [3.05, 3.63) is 35.4 Å². The summed E-state index contributed by atoms with van der Waals surface area (Å²) in [6.07, 6.45) is 9.93. The van der Waals surface area contributed by atoms with Gasteiger partial charge in [-0.05, 0) is 70.0 Å². The third kappa shape index (κ3) is 3.20. The maximum atomic E-state index is 2.77. The molecule has 1 aliphatic heterocycles. The summed E-state index contributed by atoms with van der Waals surface area (Å²) < 4.78 is 0. The molecule has 0 bridgehead atoms. The fraction of sp³-hybridized carbons (Fsp3) is 0.667. The standard InChI is InChI=1S/C18H27N/c1-15-6-5-7-17(14-15)16-8-10-18(11-9-16)19-12-3-2-4-13-19/h5-7,14,16,18H,2-4,8-13H2,1H3. The minimum atomic E-state index is 0.820. The smallest absolute Gasteiger partial charge is 0.00956 e. The molecule has 3 rings (SSSR count). The van der Waals surface area contributed by atoms with Gasteiger partial charge in [0.25, 0.3) is 0 Å². The molecule has 0 spiro atoms. The monoisotopic (exact) mass is 257 g/mol. The summed E-state index contributed by atoms with van der Waals surface area (Å²) in [5.74, 6) is 0.820. The first-order valence-corrected chi connectivity index (χ1v) is 8.13. The highest BCUT2D eigenvalue weighted by Crippen LogP contribution is 2.35.